The van der Waals surface area contributed by atoms with Gasteiger partial charge in [-0.2, -0.15) is 10.4 Å². The molecule has 33 heavy (non-hydrogen) atoms. The Labute approximate surface area is 191 Å². The van der Waals surface area contributed by atoms with Crippen LogP contribution in [0.15, 0.2) is 79.4 Å². The number of aryl methyl sites for hydroxylation is 1. The number of aromatic nitrogens is 4. The fourth-order valence-electron chi connectivity index (χ4n) is 3.40. The van der Waals surface area contributed by atoms with E-state index in [9.17, 15) is 4.79 Å². The van der Waals surface area contributed by atoms with E-state index < -0.39 is 6.04 Å². The van der Waals surface area contributed by atoms with Crippen LogP contribution in [0.4, 0.5) is 5.82 Å². The predicted molar refractivity (Wildman–Crippen MR) is 125 cm³/mol. The second-order valence-corrected chi connectivity index (χ2v) is 7.52. The lowest BCUT2D eigenvalue weighted by Crippen LogP contribution is -2.34. The number of hydrogen-bond donors (Lipinski definition) is 2. The van der Waals surface area contributed by atoms with Crippen LogP contribution in [0.2, 0.25) is 0 Å². The molecule has 0 unspecified atom stereocenters. The van der Waals surface area contributed by atoms with Gasteiger partial charge in [0.25, 0.3) is 0 Å². The van der Waals surface area contributed by atoms with Crippen molar-refractivity contribution in [1.29, 1.82) is 5.26 Å². The van der Waals surface area contributed by atoms with Crippen LogP contribution in [0.1, 0.15) is 22.9 Å². The van der Waals surface area contributed by atoms with Gasteiger partial charge in [-0.25, -0.2) is 4.98 Å². The van der Waals surface area contributed by atoms with Gasteiger partial charge in [0, 0.05) is 55.4 Å². The van der Waals surface area contributed by atoms with Gasteiger partial charge in [0.2, 0.25) is 5.91 Å². The molecular weight excluding hydrogens is 414 g/mol. The van der Waals surface area contributed by atoms with Gasteiger partial charge in [0.15, 0.2) is 0 Å². The SMILES string of the molecule is Cn1cc(-c2ccc(NC(=O)[C@H](NCCc3ccc(C#N)cn3)c3ccccc3)nc2)cn1. The molecule has 1 atom stereocenters. The molecule has 0 saturated carbocycles. The molecular formula is C25H23N7O. The smallest absolute Gasteiger partial charge is 0.247 e. The fraction of sp³-hybridized carbons (Fsp3) is 0.160. The highest BCUT2D eigenvalue weighted by atomic mass is 16.2. The lowest BCUT2D eigenvalue weighted by atomic mass is 10.1. The van der Waals surface area contributed by atoms with E-state index in [-0.39, 0.29) is 5.91 Å². The Morgan fingerprint density at radius 3 is 2.52 bits per heavy atom. The van der Waals surface area contributed by atoms with Crippen LogP contribution in [-0.2, 0) is 18.3 Å². The van der Waals surface area contributed by atoms with Crippen molar-refractivity contribution in [1.82, 2.24) is 25.1 Å². The number of carbonyl (C=O) groups excluding carboxylic acids is 1. The molecule has 1 amide bonds. The van der Waals surface area contributed by atoms with Crippen molar-refractivity contribution in [3.05, 3.63) is 96.2 Å². The van der Waals surface area contributed by atoms with E-state index in [1.54, 1.807) is 35.4 Å². The highest BCUT2D eigenvalue weighted by Gasteiger charge is 2.20. The van der Waals surface area contributed by atoms with Crippen molar-refractivity contribution < 1.29 is 4.79 Å². The maximum atomic E-state index is 13.1. The lowest BCUT2D eigenvalue weighted by molar-refractivity contribution is -0.118. The molecule has 4 rings (SSSR count). The Kier molecular flexibility index (Phi) is 6.83. The quantitative estimate of drug-likeness (QED) is 0.438. The number of rotatable bonds is 8. The molecule has 8 heteroatoms. The third-order valence-corrected chi connectivity index (χ3v) is 5.13. The zero-order chi connectivity index (χ0) is 23.0. The first kappa shape index (κ1) is 21.9. The van der Waals surface area contributed by atoms with E-state index in [2.05, 4.69) is 31.8 Å². The third kappa shape index (κ3) is 5.67. The van der Waals surface area contributed by atoms with Crippen LogP contribution in [-0.4, -0.2) is 32.2 Å². The summed E-state index contributed by atoms with van der Waals surface area (Å²) in [7, 11) is 1.86. The fourth-order valence-corrected chi connectivity index (χ4v) is 3.40. The van der Waals surface area contributed by atoms with Gasteiger partial charge in [0.05, 0.1) is 11.8 Å². The summed E-state index contributed by atoms with van der Waals surface area (Å²) in [5, 5.41) is 19.3. The summed E-state index contributed by atoms with van der Waals surface area (Å²) in [4.78, 5) is 21.8. The number of nitrogens with zero attached hydrogens (tertiary/aromatic N) is 5. The minimum atomic E-state index is -0.551. The minimum absolute atomic E-state index is 0.199. The topological polar surface area (TPSA) is 109 Å². The molecule has 0 radical (unpaired) electrons. The van der Waals surface area contributed by atoms with Crippen LogP contribution in [0, 0.1) is 11.3 Å². The summed E-state index contributed by atoms with van der Waals surface area (Å²) in [6.45, 7) is 0.541. The van der Waals surface area contributed by atoms with Crippen molar-refractivity contribution in [2.24, 2.45) is 7.05 Å². The molecule has 0 fully saturated rings. The van der Waals surface area contributed by atoms with E-state index in [1.807, 2.05) is 55.7 Å². The monoisotopic (exact) mass is 437 g/mol. The van der Waals surface area contributed by atoms with Crippen LogP contribution in [0.3, 0.4) is 0 Å². The molecule has 0 aliphatic heterocycles. The second-order valence-electron chi connectivity index (χ2n) is 7.52. The number of hydrogen-bond acceptors (Lipinski definition) is 6. The van der Waals surface area contributed by atoms with Gasteiger partial charge in [-0.1, -0.05) is 30.3 Å². The van der Waals surface area contributed by atoms with E-state index in [0.29, 0.717) is 24.3 Å². The van der Waals surface area contributed by atoms with Crippen LogP contribution in [0.5, 0.6) is 0 Å². The number of pyridine rings is 2. The minimum Gasteiger partial charge on any atom is -0.309 e. The molecule has 8 nitrogen and oxygen atoms in total. The average molecular weight is 438 g/mol. The zero-order valence-corrected chi connectivity index (χ0v) is 18.1. The Morgan fingerprint density at radius 2 is 1.88 bits per heavy atom. The molecule has 3 aromatic heterocycles. The Balaban J connectivity index is 1.42. The molecule has 164 valence electrons. The van der Waals surface area contributed by atoms with Crippen molar-refractivity contribution in [2.45, 2.75) is 12.5 Å². The van der Waals surface area contributed by atoms with Crippen LogP contribution in [0.25, 0.3) is 11.1 Å². The Hall–Kier alpha value is -4.35. The van der Waals surface area contributed by atoms with E-state index in [0.717, 1.165) is 22.4 Å². The Bertz CT molecular complexity index is 1240. The average Bonchev–Trinajstić information content (AvgIpc) is 3.29. The summed E-state index contributed by atoms with van der Waals surface area (Å²) in [6.07, 6.45) is 7.58. The first-order chi connectivity index (χ1) is 16.1. The van der Waals surface area contributed by atoms with Gasteiger partial charge in [0.1, 0.15) is 17.9 Å². The highest BCUT2D eigenvalue weighted by Crippen LogP contribution is 2.20. The summed E-state index contributed by atoms with van der Waals surface area (Å²) in [6, 6.07) is 18.3. The van der Waals surface area contributed by atoms with Crippen molar-refractivity contribution in [2.75, 3.05) is 11.9 Å². The number of nitrogens with one attached hydrogen (secondary N) is 2. The molecule has 3 heterocycles. The van der Waals surface area contributed by atoms with Gasteiger partial charge in [-0.3, -0.25) is 14.5 Å². The second kappa shape index (κ2) is 10.3. The van der Waals surface area contributed by atoms with E-state index in [1.165, 1.54) is 0 Å². The van der Waals surface area contributed by atoms with E-state index >= 15 is 0 Å². The number of benzene rings is 1. The number of nitriles is 1. The zero-order valence-electron chi connectivity index (χ0n) is 18.1. The predicted octanol–water partition coefficient (Wildman–Crippen LogP) is 3.26. The maximum Gasteiger partial charge on any atom is 0.247 e. The summed E-state index contributed by atoms with van der Waals surface area (Å²) < 4.78 is 1.73. The van der Waals surface area contributed by atoms with Gasteiger partial charge in [-0.15, -0.1) is 0 Å². The van der Waals surface area contributed by atoms with Gasteiger partial charge >= 0.3 is 0 Å². The third-order valence-electron chi connectivity index (χ3n) is 5.13. The first-order valence-corrected chi connectivity index (χ1v) is 10.5. The number of anilines is 1. The molecule has 0 spiro atoms. The normalized spacial score (nSPS) is 11.5. The summed E-state index contributed by atoms with van der Waals surface area (Å²) in [5.74, 6) is 0.278. The largest absolute Gasteiger partial charge is 0.309 e. The molecule has 0 aliphatic rings. The maximum absolute atomic E-state index is 13.1. The molecule has 0 aliphatic carbocycles. The lowest BCUT2D eigenvalue weighted by Gasteiger charge is -2.19. The first-order valence-electron chi connectivity index (χ1n) is 10.5. The molecule has 1 aromatic carbocycles. The van der Waals surface area contributed by atoms with Gasteiger partial charge < -0.3 is 10.6 Å². The standard InChI is InChI=1S/C25H23N7O/c1-32-17-21(16-30-32)20-8-10-23(29-15-20)31-25(33)24(19-5-3-2-4-6-19)27-12-11-22-9-7-18(13-26)14-28-22/h2-10,14-17,24,27H,11-12H2,1H3,(H,29,31,33)/t24-/m1/s1. The number of amides is 1. The molecule has 0 saturated heterocycles. The molecule has 4 aromatic rings. The number of carbonyl (C=O) groups is 1. The molecule has 2 N–H and O–H groups in total. The highest BCUT2D eigenvalue weighted by molar-refractivity contribution is 5.94. The van der Waals surface area contributed by atoms with Crippen molar-refractivity contribution >= 4 is 11.7 Å². The van der Waals surface area contributed by atoms with Crippen molar-refractivity contribution in [3.63, 3.8) is 0 Å². The summed E-state index contributed by atoms with van der Waals surface area (Å²) >= 11 is 0. The van der Waals surface area contributed by atoms with E-state index in [4.69, 9.17) is 5.26 Å². The summed E-state index contributed by atoms with van der Waals surface area (Å²) in [5.41, 5.74) is 4.11. The molecule has 0 bridgehead atoms. The van der Waals surface area contributed by atoms with Crippen molar-refractivity contribution in [3.8, 4) is 17.2 Å². The Morgan fingerprint density at radius 1 is 1.03 bits per heavy atom. The van der Waals surface area contributed by atoms with Crippen LogP contribution < -0.4 is 10.6 Å². The van der Waals surface area contributed by atoms with Gasteiger partial charge in [-0.05, 0) is 29.8 Å². The van der Waals surface area contributed by atoms with Crippen LogP contribution >= 0.6 is 0 Å².